The van der Waals surface area contributed by atoms with Gasteiger partial charge in [-0.25, -0.2) is 5.06 Å². The molecule has 2 bridgehead atoms. The van der Waals surface area contributed by atoms with Gasteiger partial charge in [0.2, 0.25) is 0 Å². The molecule has 1 heterocycles. The van der Waals surface area contributed by atoms with Gasteiger partial charge in [0.15, 0.2) is 11.2 Å². The number of hydroxylamine groups is 1. The summed E-state index contributed by atoms with van der Waals surface area (Å²) in [5.41, 5.74) is 0.194. The number of Topliss-reactive ketones (excluding diaryl/α,β-unsaturated/α-hetero) is 1. The molecule has 6 atom stereocenters. The number of hydrogen-bond donors (Lipinski definition) is 0. The van der Waals surface area contributed by atoms with E-state index in [1.807, 2.05) is 60.7 Å². The number of ketones is 1. The third kappa shape index (κ3) is 4.09. The topological polar surface area (TPSA) is 82.1 Å². The zero-order valence-electron chi connectivity index (χ0n) is 22.5. The highest BCUT2D eigenvalue weighted by Gasteiger charge is 2.64. The number of nitrogens with zero attached hydrogens (tertiary/aromatic N) is 1. The minimum absolute atomic E-state index is 0.0149. The van der Waals surface area contributed by atoms with Crippen LogP contribution in [0.4, 0.5) is 5.69 Å². The maximum Gasteiger partial charge on any atom is 0.326 e. The molecular formula is C32H35NO6. The number of anilines is 1. The van der Waals surface area contributed by atoms with E-state index in [0.29, 0.717) is 28.7 Å². The second-order valence-corrected chi connectivity index (χ2v) is 11.1. The minimum Gasteiger partial charge on any atom is -0.465 e. The van der Waals surface area contributed by atoms with Crippen molar-refractivity contribution in [1.29, 1.82) is 0 Å². The molecule has 3 fully saturated rings. The molecule has 0 N–H and O–H groups in total. The molecule has 4 aliphatic rings. The zero-order chi connectivity index (χ0) is 27.1. The van der Waals surface area contributed by atoms with Crippen LogP contribution in [0.15, 0.2) is 72.3 Å². The summed E-state index contributed by atoms with van der Waals surface area (Å²) < 4.78 is 11.2. The Morgan fingerprint density at radius 2 is 1.54 bits per heavy atom. The molecule has 0 amide bonds. The molecule has 2 aromatic carbocycles. The SMILES string of the molecule is CCOC(=O)C1(C(=O)OCC)C[C@H](C2=CC3C4CCC(C4)C3C2=O)ON(c2ccccc2)[C@@H]1c1ccccc1. The molecule has 1 saturated heterocycles. The van der Waals surface area contributed by atoms with Gasteiger partial charge in [-0.1, -0.05) is 54.6 Å². The van der Waals surface area contributed by atoms with Crippen LogP contribution in [0.5, 0.6) is 0 Å². The lowest BCUT2D eigenvalue weighted by molar-refractivity contribution is -0.187. The standard InChI is InChI=1S/C32H35NO6/c1-3-37-30(35)32(31(36)38-4-2)19-26(25-18-24-21-15-16-22(17-21)27(24)28(25)34)39-33(23-13-9-6-10-14-23)29(32)20-11-7-5-8-12-20/h5-14,18,21-22,24,26-27,29H,3-4,15-17,19H2,1-2H3/t21?,22?,24?,26-,27?,29-/m1/s1. The van der Waals surface area contributed by atoms with E-state index >= 15 is 0 Å². The quantitative estimate of drug-likeness (QED) is 0.359. The van der Waals surface area contributed by atoms with Gasteiger partial charge in [0.25, 0.3) is 0 Å². The molecule has 7 nitrogen and oxygen atoms in total. The van der Waals surface area contributed by atoms with E-state index in [9.17, 15) is 14.4 Å². The van der Waals surface area contributed by atoms with Crippen molar-refractivity contribution in [2.24, 2.45) is 29.1 Å². The van der Waals surface area contributed by atoms with Crippen LogP contribution in [0.2, 0.25) is 0 Å². The Morgan fingerprint density at radius 3 is 2.15 bits per heavy atom. The van der Waals surface area contributed by atoms with Gasteiger partial charge in [-0.15, -0.1) is 0 Å². The van der Waals surface area contributed by atoms with Gasteiger partial charge in [0.1, 0.15) is 12.1 Å². The summed E-state index contributed by atoms with van der Waals surface area (Å²) in [4.78, 5) is 48.6. The maximum atomic E-state index is 14.0. The Hall–Kier alpha value is -3.45. The summed E-state index contributed by atoms with van der Waals surface area (Å²) in [5.74, 6) is -0.106. The summed E-state index contributed by atoms with van der Waals surface area (Å²) >= 11 is 0. The van der Waals surface area contributed by atoms with E-state index in [4.69, 9.17) is 14.3 Å². The number of rotatable bonds is 7. The molecule has 0 aromatic heterocycles. The highest BCUT2D eigenvalue weighted by Crippen LogP contribution is 2.59. The fourth-order valence-electron chi connectivity index (χ4n) is 7.55. The number of para-hydroxylation sites is 1. The van der Waals surface area contributed by atoms with Crippen molar-refractivity contribution in [3.8, 4) is 0 Å². The van der Waals surface area contributed by atoms with Crippen LogP contribution in [0, 0.1) is 29.1 Å². The summed E-state index contributed by atoms with van der Waals surface area (Å²) in [6.07, 6.45) is 4.60. The fraction of sp³-hybridized carbons (Fsp3) is 0.469. The van der Waals surface area contributed by atoms with Gasteiger partial charge in [-0.05, 0) is 68.6 Å². The number of carbonyl (C=O) groups excluding carboxylic acids is 3. The van der Waals surface area contributed by atoms with Crippen molar-refractivity contribution in [3.63, 3.8) is 0 Å². The minimum atomic E-state index is -1.76. The smallest absolute Gasteiger partial charge is 0.326 e. The van der Waals surface area contributed by atoms with Gasteiger partial charge < -0.3 is 9.47 Å². The van der Waals surface area contributed by atoms with E-state index in [0.717, 1.165) is 19.3 Å². The first-order valence-corrected chi connectivity index (χ1v) is 14.2. The highest BCUT2D eigenvalue weighted by atomic mass is 16.7. The summed E-state index contributed by atoms with van der Waals surface area (Å²) in [6.45, 7) is 3.65. The monoisotopic (exact) mass is 529 g/mol. The predicted molar refractivity (Wildman–Crippen MR) is 144 cm³/mol. The lowest BCUT2D eigenvalue weighted by Crippen LogP contribution is -2.59. The number of allylic oxidation sites excluding steroid dienone is 1. The molecule has 2 aromatic rings. The van der Waals surface area contributed by atoms with E-state index < -0.39 is 29.5 Å². The van der Waals surface area contributed by atoms with Crippen molar-refractivity contribution in [1.82, 2.24) is 0 Å². The van der Waals surface area contributed by atoms with Crippen LogP contribution in [0.25, 0.3) is 0 Å². The van der Waals surface area contributed by atoms with Gasteiger partial charge in [0, 0.05) is 17.9 Å². The number of esters is 2. The van der Waals surface area contributed by atoms with Crippen LogP contribution in [0.3, 0.4) is 0 Å². The molecule has 6 rings (SSSR count). The third-order valence-corrected chi connectivity index (χ3v) is 9.14. The number of fused-ring (bicyclic) bond motifs is 5. The first-order chi connectivity index (χ1) is 19.0. The number of ether oxygens (including phenoxy) is 2. The van der Waals surface area contributed by atoms with E-state index in [2.05, 4.69) is 6.08 Å². The number of benzene rings is 2. The lowest BCUT2D eigenvalue weighted by Gasteiger charge is -2.49. The van der Waals surface area contributed by atoms with Crippen molar-refractivity contribution in [3.05, 3.63) is 77.9 Å². The van der Waals surface area contributed by atoms with Crippen LogP contribution >= 0.6 is 0 Å². The molecule has 0 spiro atoms. The largest absolute Gasteiger partial charge is 0.465 e. The molecule has 204 valence electrons. The van der Waals surface area contributed by atoms with Gasteiger partial charge in [0.05, 0.1) is 18.9 Å². The van der Waals surface area contributed by atoms with Crippen LogP contribution in [-0.4, -0.2) is 37.0 Å². The molecule has 0 radical (unpaired) electrons. The average molecular weight is 530 g/mol. The second-order valence-electron chi connectivity index (χ2n) is 11.1. The van der Waals surface area contributed by atoms with Gasteiger partial charge >= 0.3 is 11.9 Å². The fourth-order valence-corrected chi connectivity index (χ4v) is 7.55. The van der Waals surface area contributed by atoms with Gasteiger partial charge in [-0.3, -0.25) is 19.2 Å². The molecule has 1 aliphatic heterocycles. The predicted octanol–water partition coefficient (Wildman–Crippen LogP) is 5.22. The van der Waals surface area contributed by atoms with Crippen LogP contribution in [0.1, 0.15) is 51.1 Å². The summed E-state index contributed by atoms with van der Waals surface area (Å²) in [7, 11) is 0. The average Bonchev–Trinajstić information content (AvgIpc) is 3.67. The number of hydrogen-bond acceptors (Lipinski definition) is 7. The third-order valence-electron chi connectivity index (χ3n) is 9.14. The first-order valence-electron chi connectivity index (χ1n) is 14.2. The Balaban J connectivity index is 1.52. The van der Waals surface area contributed by atoms with Crippen LogP contribution < -0.4 is 5.06 Å². The van der Waals surface area contributed by atoms with Crippen LogP contribution in [-0.2, 0) is 28.7 Å². The second kappa shape index (κ2) is 10.3. The van der Waals surface area contributed by atoms with Crippen molar-refractivity contribution in [2.75, 3.05) is 18.3 Å². The molecule has 2 saturated carbocycles. The molecule has 4 unspecified atom stereocenters. The van der Waals surface area contributed by atoms with Crippen molar-refractivity contribution in [2.45, 2.75) is 51.7 Å². The molecule has 3 aliphatic carbocycles. The maximum absolute atomic E-state index is 14.0. The summed E-state index contributed by atoms with van der Waals surface area (Å²) in [6, 6.07) is 17.9. The van der Waals surface area contributed by atoms with E-state index in [1.54, 1.807) is 18.9 Å². The molecular weight excluding hydrogens is 494 g/mol. The first kappa shape index (κ1) is 25.8. The summed E-state index contributed by atoms with van der Waals surface area (Å²) in [5, 5.41) is 1.63. The molecule has 7 heteroatoms. The van der Waals surface area contributed by atoms with E-state index in [-0.39, 0.29) is 37.3 Å². The Labute approximate surface area is 229 Å². The lowest BCUT2D eigenvalue weighted by atomic mass is 9.70. The Kier molecular flexibility index (Phi) is 6.79. The van der Waals surface area contributed by atoms with Crippen molar-refractivity contribution < 1.29 is 28.7 Å². The Morgan fingerprint density at radius 1 is 0.923 bits per heavy atom. The Bertz CT molecular complexity index is 1260. The van der Waals surface area contributed by atoms with Gasteiger partial charge in [-0.2, -0.15) is 0 Å². The normalized spacial score (nSPS) is 30.6. The molecule has 39 heavy (non-hydrogen) atoms. The van der Waals surface area contributed by atoms with Crippen molar-refractivity contribution >= 4 is 23.4 Å². The van der Waals surface area contributed by atoms with E-state index in [1.165, 1.54) is 0 Å². The zero-order valence-corrected chi connectivity index (χ0v) is 22.5. The highest BCUT2D eigenvalue weighted by molar-refractivity contribution is 6.04. The number of carbonyl (C=O) groups is 3.